The molecule has 1 aromatic heterocycles. The number of aromatic amines is 1. The van der Waals surface area contributed by atoms with E-state index in [-0.39, 0.29) is 33.1 Å². The number of rotatable bonds is 6. The summed E-state index contributed by atoms with van der Waals surface area (Å²) in [6.45, 7) is 6.61. The molecule has 2 atom stereocenters. The number of ketones is 1. The van der Waals surface area contributed by atoms with Crippen molar-refractivity contribution >= 4 is 32.7 Å². The van der Waals surface area contributed by atoms with Gasteiger partial charge in [0.05, 0.1) is 10.5 Å². The van der Waals surface area contributed by atoms with Crippen molar-refractivity contribution in [2.45, 2.75) is 51.0 Å². The summed E-state index contributed by atoms with van der Waals surface area (Å²) >= 11 is 0. The molecule has 2 aliphatic rings. The zero-order valence-electron chi connectivity index (χ0n) is 20.2. The molecule has 1 aliphatic carbocycles. The van der Waals surface area contributed by atoms with Crippen molar-refractivity contribution in [2.24, 2.45) is 10.8 Å². The Hall–Kier alpha value is -2.97. The number of fused-ring (bicyclic) bond motifs is 3. The highest BCUT2D eigenvalue weighted by Gasteiger charge is 2.53. The van der Waals surface area contributed by atoms with Crippen LogP contribution in [0.15, 0.2) is 59.6 Å². The summed E-state index contributed by atoms with van der Waals surface area (Å²) in [5, 5.41) is 0.759. The van der Waals surface area contributed by atoms with Crippen LogP contribution in [0.3, 0.4) is 0 Å². The van der Waals surface area contributed by atoms with Crippen molar-refractivity contribution in [3.63, 3.8) is 0 Å². The monoisotopic (exact) mass is 494 g/mol. The first kappa shape index (κ1) is 23.8. The number of nitrogens with zero attached hydrogens (tertiary/aromatic N) is 1. The maximum Gasteiger partial charge on any atom is 0.338 e. The average Bonchev–Trinajstić information content (AvgIpc) is 3.35. The molecule has 3 aromatic rings. The number of benzene rings is 2. The van der Waals surface area contributed by atoms with E-state index in [1.54, 1.807) is 16.6 Å². The van der Waals surface area contributed by atoms with Crippen molar-refractivity contribution in [2.75, 3.05) is 13.2 Å². The summed E-state index contributed by atoms with van der Waals surface area (Å²) in [4.78, 5) is 28.5. The van der Waals surface area contributed by atoms with E-state index in [4.69, 9.17) is 4.74 Å². The Bertz CT molecular complexity index is 1420. The Kier molecular flexibility index (Phi) is 5.64. The lowest BCUT2D eigenvalue weighted by Gasteiger charge is -2.39. The molecule has 1 aliphatic heterocycles. The summed E-state index contributed by atoms with van der Waals surface area (Å²) in [7, 11) is -3.77. The predicted octanol–water partition coefficient (Wildman–Crippen LogP) is 4.80. The maximum atomic E-state index is 13.6. The number of hydrogen-bond donors (Lipinski definition) is 1. The topological polar surface area (TPSA) is 96.5 Å². The second kappa shape index (κ2) is 8.31. The summed E-state index contributed by atoms with van der Waals surface area (Å²) in [5.41, 5.74) is 1.42. The molecule has 0 unspecified atom stereocenters. The van der Waals surface area contributed by atoms with Crippen molar-refractivity contribution in [3.8, 4) is 0 Å². The van der Waals surface area contributed by atoms with E-state index < -0.39 is 22.6 Å². The van der Waals surface area contributed by atoms with E-state index in [0.29, 0.717) is 12.1 Å². The van der Waals surface area contributed by atoms with Gasteiger partial charge in [0.2, 0.25) is 15.8 Å². The molecular formula is C27H30N2O5S. The van der Waals surface area contributed by atoms with Crippen LogP contribution in [0.5, 0.6) is 0 Å². The summed E-state index contributed by atoms with van der Waals surface area (Å²) in [5.74, 6) is -1.07. The van der Waals surface area contributed by atoms with Gasteiger partial charge in [-0.25, -0.2) is 13.2 Å². The van der Waals surface area contributed by atoms with Gasteiger partial charge in [0.15, 0.2) is 6.61 Å². The molecule has 1 saturated heterocycles. The first-order valence-corrected chi connectivity index (χ1v) is 13.3. The van der Waals surface area contributed by atoms with E-state index in [2.05, 4.69) is 25.8 Å². The van der Waals surface area contributed by atoms with Crippen LogP contribution in [-0.4, -0.2) is 48.7 Å². The molecule has 35 heavy (non-hydrogen) atoms. The Balaban J connectivity index is 1.31. The molecule has 0 radical (unpaired) electrons. The van der Waals surface area contributed by atoms with Crippen molar-refractivity contribution in [3.05, 3.63) is 65.9 Å². The Morgan fingerprint density at radius 1 is 1.09 bits per heavy atom. The third-order valence-electron chi connectivity index (χ3n) is 7.27. The fourth-order valence-electron chi connectivity index (χ4n) is 6.20. The van der Waals surface area contributed by atoms with Crippen LogP contribution in [0.1, 0.15) is 60.7 Å². The minimum Gasteiger partial charge on any atom is -0.454 e. The molecule has 7 nitrogen and oxygen atoms in total. The molecule has 8 heteroatoms. The first-order chi connectivity index (χ1) is 16.5. The molecule has 5 rings (SSSR count). The highest BCUT2D eigenvalue weighted by atomic mass is 32.2. The molecule has 2 bridgehead atoms. The number of carbonyl (C=O) groups is 2. The highest BCUT2D eigenvalue weighted by Crippen LogP contribution is 2.53. The van der Waals surface area contributed by atoms with Gasteiger partial charge in [0, 0.05) is 35.2 Å². The van der Waals surface area contributed by atoms with Crippen LogP contribution < -0.4 is 0 Å². The minimum atomic E-state index is -3.77. The molecule has 0 amide bonds. The van der Waals surface area contributed by atoms with Crippen molar-refractivity contribution < 1.29 is 22.7 Å². The molecule has 2 fully saturated rings. The van der Waals surface area contributed by atoms with Gasteiger partial charge in [0.25, 0.3) is 0 Å². The van der Waals surface area contributed by atoms with Gasteiger partial charge in [-0.3, -0.25) is 4.79 Å². The van der Waals surface area contributed by atoms with E-state index in [1.165, 1.54) is 18.2 Å². The van der Waals surface area contributed by atoms with Crippen LogP contribution >= 0.6 is 0 Å². The normalized spacial score (nSPS) is 23.9. The lowest BCUT2D eigenvalue weighted by molar-refractivity contribution is 0.0475. The number of sulfonamides is 1. The third-order valence-corrected chi connectivity index (χ3v) is 9.16. The number of carbonyl (C=O) groups excluding carboxylic acids is 2. The highest BCUT2D eigenvalue weighted by molar-refractivity contribution is 7.89. The molecule has 0 spiro atoms. The Morgan fingerprint density at radius 3 is 2.66 bits per heavy atom. The zero-order valence-corrected chi connectivity index (χ0v) is 21.0. The van der Waals surface area contributed by atoms with Gasteiger partial charge >= 0.3 is 5.97 Å². The average molecular weight is 495 g/mol. The third kappa shape index (κ3) is 4.41. The fourth-order valence-corrected chi connectivity index (χ4v) is 8.02. The first-order valence-electron chi connectivity index (χ1n) is 11.9. The maximum absolute atomic E-state index is 13.6. The van der Waals surface area contributed by atoms with E-state index >= 15 is 0 Å². The van der Waals surface area contributed by atoms with Gasteiger partial charge in [-0.1, -0.05) is 45.0 Å². The van der Waals surface area contributed by atoms with E-state index in [0.717, 1.165) is 30.2 Å². The van der Waals surface area contributed by atoms with Crippen molar-refractivity contribution in [1.82, 2.24) is 9.29 Å². The van der Waals surface area contributed by atoms with Gasteiger partial charge in [0.1, 0.15) is 0 Å². The lowest BCUT2D eigenvalue weighted by atomic mass is 9.65. The fraction of sp³-hybridized carbons (Fsp3) is 0.407. The zero-order chi connectivity index (χ0) is 25.0. The number of esters is 1. The molecular weight excluding hydrogens is 464 g/mol. The van der Waals surface area contributed by atoms with Crippen LogP contribution in [0.25, 0.3) is 10.9 Å². The molecule has 184 valence electrons. The quantitative estimate of drug-likeness (QED) is 0.392. The van der Waals surface area contributed by atoms with Crippen LogP contribution in [0, 0.1) is 10.8 Å². The summed E-state index contributed by atoms with van der Waals surface area (Å²) in [6.07, 6.45) is 4.26. The predicted molar refractivity (Wildman–Crippen MR) is 133 cm³/mol. The second-order valence-corrected chi connectivity index (χ2v) is 12.9. The molecule has 2 heterocycles. The number of nitrogens with one attached hydrogen (secondary N) is 1. The molecule has 1 N–H and O–H groups in total. The van der Waals surface area contributed by atoms with Gasteiger partial charge in [-0.2, -0.15) is 4.31 Å². The number of para-hydroxylation sites is 1. The van der Waals surface area contributed by atoms with Gasteiger partial charge in [-0.15, -0.1) is 0 Å². The number of hydrogen-bond acceptors (Lipinski definition) is 5. The minimum absolute atomic E-state index is 0.0429. The lowest BCUT2D eigenvalue weighted by Crippen LogP contribution is -2.37. The second-order valence-electron chi connectivity index (χ2n) is 11.0. The Labute approximate surface area is 205 Å². The Morgan fingerprint density at radius 2 is 1.86 bits per heavy atom. The van der Waals surface area contributed by atoms with Gasteiger partial charge < -0.3 is 9.72 Å². The largest absolute Gasteiger partial charge is 0.454 e. The number of Topliss-reactive ketones (excluding diaryl/α,β-unsaturated/α-hetero) is 1. The smallest absolute Gasteiger partial charge is 0.338 e. The van der Waals surface area contributed by atoms with Gasteiger partial charge in [-0.05, 0) is 54.4 Å². The molecule has 1 saturated carbocycles. The van der Waals surface area contributed by atoms with Crippen LogP contribution in [0.4, 0.5) is 0 Å². The van der Waals surface area contributed by atoms with Crippen LogP contribution in [-0.2, 0) is 14.8 Å². The number of ether oxygens (including phenoxy) is 1. The summed E-state index contributed by atoms with van der Waals surface area (Å²) in [6, 6.07) is 13.2. The number of H-pyrrole nitrogens is 1. The standard InChI is InChI=1S/C27H30N2O5S/c1-26(2)12-19-13-27(3,16-26)17-29(19)35(32,33)20-8-6-7-18(11-20)25(31)34-15-24(30)22-14-28-23-10-5-4-9-21(22)23/h4-11,14,19,28H,12-13,15-17H2,1-3H3/t19-,27-/m0/s1. The van der Waals surface area contributed by atoms with E-state index in [9.17, 15) is 18.0 Å². The molecule has 2 aromatic carbocycles. The van der Waals surface area contributed by atoms with Crippen LogP contribution in [0.2, 0.25) is 0 Å². The van der Waals surface area contributed by atoms with Crippen molar-refractivity contribution in [1.29, 1.82) is 0 Å². The van der Waals surface area contributed by atoms with E-state index in [1.807, 2.05) is 24.3 Å². The summed E-state index contributed by atoms with van der Waals surface area (Å²) < 4.78 is 34.0. The SMILES string of the molecule is CC1(C)C[C@H]2C[C@](C)(CN2S(=O)(=O)c2cccc(C(=O)OCC(=O)c3c[nH]c4ccccc34)c2)C1. The number of aromatic nitrogens is 1.